The van der Waals surface area contributed by atoms with E-state index in [1.165, 1.54) is 4.90 Å². The van der Waals surface area contributed by atoms with Gasteiger partial charge in [-0.15, -0.1) is 0 Å². The number of hydrogen-bond donors (Lipinski definition) is 3. The third kappa shape index (κ3) is 4.15. The number of urea groups is 1. The Bertz CT molecular complexity index is 311. The van der Waals surface area contributed by atoms with E-state index in [2.05, 4.69) is 10.2 Å². The van der Waals surface area contributed by atoms with Crippen LogP contribution in [0.1, 0.15) is 6.42 Å². The summed E-state index contributed by atoms with van der Waals surface area (Å²) in [6.07, 6.45) is 1.04. The highest BCUT2D eigenvalue weighted by molar-refractivity contribution is 5.82. The molecule has 0 aromatic rings. The van der Waals surface area contributed by atoms with Gasteiger partial charge in [0.2, 0.25) is 0 Å². The monoisotopic (exact) mass is 259 g/mol. The van der Waals surface area contributed by atoms with E-state index >= 15 is 0 Å². The second-order valence-electron chi connectivity index (χ2n) is 4.82. The molecule has 1 unspecified atom stereocenters. The first-order valence-electron chi connectivity index (χ1n) is 5.98. The highest BCUT2D eigenvalue weighted by Crippen LogP contribution is 2.15. The van der Waals surface area contributed by atoms with Crippen molar-refractivity contribution in [3.8, 4) is 0 Å². The fourth-order valence-electron chi connectivity index (χ4n) is 2.09. The number of aliphatic hydroxyl groups excluding tert-OH is 1. The molecule has 18 heavy (non-hydrogen) atoms. The summed E-state index contributed by atoms with van der Waals surface area (Å²) < 4.78 is 0. The molecule has 0 aromatic carbocycles. The van der Waals surface area contributed by atoms with Crippen molar-refractivity contribution in [3.63, 3.8) is 0 Å². The molecule has 1 heterocycles. The molecule has 104 valence electrons. The Hall–Kier alpha value is -1.34. The van der Waals surface area contributed by atoms with E-state index in [-0.39, 0.29) is 0 Å². The lowest BCUT2D eigenvalue weighted by Gasteiger charge is -2.23. The van der Waals surface area contributed by atoms with Crippen LogP contribution in [0, 0.1) is 5.92 Å². The standard InChI is InChI=1S/C11H21N3O4/c1-13-4-3-8(5-13)6-14(2)11(18)12-9(7-15)10(16)17/h8-9,15H,3-7H2,1-2H3,(H,12,18)(H,16,17)/t8?,9-/m1/s1. The van der Waals surface area contributed by atoms with E-state index in [4.69, 9.17) is 10.2 Å². The van der Waals surface area contributed by atoms with Crippen LogP contribution in [0.4, 0.5) is 4.79 Å². The summed E-state index contributed by atoms with van der Waals surface area (Å²) in [5.41, 5.74) is 0. The summed E-state index contributed by atoms with van der Waals surface area (Å²) in [4.78, 5) is 26.1. The normalized spacial score (nSPS) is 21.6. The lowest BCUT2D eigenvalue weighted by atomic mass is 10.1. The summed E-state index contributed by atoms with van der Waals surface area (Å²) in [7, 11) is 3.66. The van der Waals surface area contributed by atoms with Crippen LogP contribution in [0.25, 0.3) is 0 Å². The molecular formula is C11H21N3O4. The molecule has 0 aliphatic carbocycles. The van der Waals surface area contributed by atoms with E-state index in [0.29, 0.717) is 12.5 Å². The van der Waals surface area contributed by atoms with Crippen molar-refractivity contribution in [2.75, 3.05) is 40.3 Å². The molecule has 1 aliphatic heterocycles. The maximum atomic E-state index is 11.7. The Morgan fingerprint density at radius 2 is 2.22 bits per heavy atom. The van der Waals surface area contributed by atoms with Crippen LogP contribution < -0.4 is 5.32 Å². The molecule has 2 atom stereocenters. The average molecular weight is 259 g/mol. The number of nitrogens with zero attached hydrogens (tertiary/aromatic N) is 2. The van der Waals surface area contributed by atoms with Gasteiger partial charge in [0.1, 0.15) is 0 Å². The van der Waals surface area contributed by atoms with Gasteiger partial charge in [0, 0.05) is 20.1 Å². The van der Waals surface area contributed by atoms with Gasteiger partial charge < -0.3 is 25.3 Å². The summed E-state index contributed by atoms with van der Waals surface area (Å²) in [5, 5.41) is 19.8. The SMILES string of the molecule is CN1CCC(CN(C)C(=O)N[C@H](CO)C(=O)O)C1. The number of amides is 2. The molecule has 3 N–H and O–H groups in total. The van der Waals surface area contributed by atoms with Crippen LogP contribution >= 0.6 is 0 Å². The summed E-state index contributed by atoms with van der Waals surface area (Å²) in [5.74, 6) is -0.817. The molecule has 1 fully saturated rings. The van der Waals surface area contributed by atoms with Gasteiger partial charge in [-0.2, -0.15) is 0 Å². The molecule has 0 bridgehead atoms. The zero-order valence-electron chi connectivity index (χ0n) is 10.8. The first-order valence-corrected chi connectivity index (χ1v) is 5.98. The molecule has 0 saturated carbocycles. The quantitative estimate of drug-likeness (QED) is 0.590. The molecular weight excluding hydrogens is 238 g/mol. The number of nitrogens with one attached hydrogen (secondary N) is 1. The maximum Gasteiger partial charge on any atom is 0.328 e. The van der Waals surface area contributed by atoms with Crippen LogP contribution in [-0.2, 0) is 4.79 Å². The number of aliphatic carboxylic acids is 1. The van der Waals surface area contributed by atoms with Crippen molar-refractivity contribution in [2.45, 2.75) is 12.5 Å². The first-order chi connectivity index (χ1) is 8.43. The lowest BCUT2D eigenvalue weighted by Crippen LogP contribution is -2.49. The average Bonchev–Trinajstić information content (AvgIpc) is 2.70. The van der Waals surface area contributed by atoms with Crippen molar-refractivity contribution in [1.29, 1.82) is 0 Å². The Morgan fingerprint density at radius 3 is 2.67 bits per heavy atom. The number of carbonyl (C=O) groups excluding carboxylic acids is 1. The lowest BCUT2D eigenvalue weighted by molar-refractivity contribution is -0.140. The first kappa shape index (κ1) is 14.7. The van der Waals surface area contributed by atoms with E-state index in [1.807, 2.05) is 7.05 Å². The largest absolute Gasteiger partial charge is 0.480 e. The van der Waals surface area contributed by atoms with Crippen molar-refractivity contribution in [1.82, 2.24) is 15.1 Å². The molecule has 7 nitrogen and oxygen atoms in total. The number of rotatable bonds is 5. The second-order valence-corrected chi connectivity index (χ2v) is 4.82. The van der Waals surface area contributed by atoms with Crippen LogP contribution in [-0.4, -0.2) is 78.4 Å². The summed E-state index contributed by atoms with van der Waals surface area (Å²) >= 11 is 0. The third-order valence-electron chi connectivity index (χ3n) is 3.15. The smallest absolute Gasteiger partial charge is 0.328 e. The molecule has 0 spiro atoms. The molecule has 0 radical (unpaired) electrons. The summed E-state index contributed by atoms with van der Waals surface area (Å²) in [6, 6.07) is -1.71. The van der Waals surface area contributed by atoms with Crippen molar-refractivity contribution in [2.24, 2.45) is 5.92 Å². The van der Waals surface area contributed by atoms with Crippen LogP contribution in [0.5, 0.6) is 0 Å². The van der Waals surface area contributed by atoms with Gasteiger partial charge in [-0.05, 0) is 25.9 Å². The Morgan fingerprint density at radius 1 is 1.56 bits per heavy atom. The number of carbonyl (C=O) groups is 2. The minimum Gasteiger partial charge on any atom is -0.480 e. The Balaban J connectivity index is 2.38. The van der Waals surface area contributed by atoms with Crippen LogP contribution in [0.2, 0.25) is 0 Å². The van der Waals surface area contributed by atoms with Gasteiger partial charge in [-0.1, -0.05) is 0 Å². The number of hydrogen-bond acceptors (Lipinski definition) is 4. The zero-order chi connectivity index (χ0) is 13.7. The number of aliphatic hydroxyl groups is 1. The fourth-order valence-corrected chi connectivity index (χ4v) is 2.09. The Kier molecular flexibility index (Phi) is 5.36. The number of carboxylic acid groups (broad SMARTS) is 1. The minimum absolute atomic E-state index is 0.420. The van der Waals surface area contributed by atoms with Gasteiger partial charge in [-0.25, -0.2) is 9.59 Å². The molecule has 1 aliphatic rings. The van der Waals surface area contributed by atoms with E-state index in [1.54, 1.807) is 7.05 Å². The van der Waals surface area contributed by atoms with Crippen molar-refractivity contribution in [3.05, 3.63) is 0 Å². The van der Waals surface area contributed by atoms with Crippen LogP contribution in [0.15, 0.2) is 0 Å². The zero-order valence-corrected chi connectivity index (χ0v) is 10.8. The maximum absolute atomic E-state index is 11.7. The molecule has 0 aromatic heterocycles. The number of likely N-dealkylation sites (tertiary alicyclic amines) is 1. The third-order valence-corrected chi connectivity index (χ3v) is 3.15. The van der Waals surface area contributed by atoms with E-state index < -0.39 is 24.6 Å². The molecule has 1 saturated heterocycles. The minimum atomic E-state index is -1.24. The highest BCUT2D eigenvalue weighted by atomic mass is 16.4. The second kappa shape index (κ2) is 6.55. The predicted octanol–water partition coefficient (Wildman–Crippen LogP) is -0.975. The topological polar surface area (TPSA) is 93.1 Å². The van der Waals surface area contributed by atoms with Crippen molar-refractivity contribution >= 4 is 12.0 Å². The van der Waals surface area contributed by atoms with Gasteiger partial charge in [0.25, 0.3) is 0 Å². The summed E-state index contributed by atoms with van der Waals surface area (Å²) in [6.45, 7) is 1.95. The van der Waals surface area contributed by atoms with Gasteiger partial charge in [0.05, 0.1) is 6.61 Å². The van der Waals surface area contributed by atoms with E-state index in [0.717, 1.165) is 19.5 Å². The van der Waals surface area contributed by atoms with Crippen LogP contribution in [0.3, 0.4) is 0 Å². The van der Waals surface area contributed by atoms with Crippen molar-refractivity contribution < 1.29 is 19.8 Å². The van der Waals surface area contributed by atoms with Gasteiger partial charge >= 0.3 is 12.0 Å². The van der Waals surface area contributed by atoms with Gasteiger partial charge in [-0.3, -0.25) is 0 Å². The predicted molar refractivity (Wildman–Crippen MR) is 65.3 cm³/mol. The molecule has 2 amide bonds. The Labute approximate surface area is 106 Å². The molecule has 1 rings (SSSR count). The van der Waals surface area contributed by atoms with Gasteiger partial charge in [0.15, 0.2) is 6.04 Å². The highest BCUT2D eigenvalue weighted by Gasteiger charge is 2.25. The fraction of sp³-hybridized carbons (Fsp3) is 0.818. The molecule has 7 heteroatoms. The van der Waals surface area contributed by atoms with E-state index in [9.17, 15) is 9.59 Å². The number of carboxylic acids is 1.